The molecule has 1 atom stereocenters. The number of carbonyl (C=O) groups excluding carboxylic acids is 1. The second-order valence-electron chi connectivity index (χ2n) is 7.11. The van der Waals surface area contributed by atoms with Crippen molar-refractivity contribution < 1.29 is 14.3 Å². The topological polar surface area (TPSA) is 87.6 Å². The average molecular weight is 377 g/mol. The number of hydrogen-bond acceptors (Lipinski definition) is 5. The third kappa shape index (κ3) is 5.85. The molecule has 2 aromatic rings. The molecule has 0 amide bonds. The standard InChI is InChI=1S/C20H25ClN2O3/c1-20(2,3)26-19(24)10-13(15-6-4-5-7-16(15)21)12-25-14-8-9-17(22)18(23)11-14/h4-9,11,13H,10,12,22-23H2,1-3H3/t13-/m0/s1. The molecule has 140 valence electrons. The van der Waals surface area contributed by atoms with E-state index in [4.69, 9.17) is 32.5 Å². The van der Waals surface area contributed by atoms with Gasteiger partial charge in [-0.15, -0.1) is 0 Å². The molecule has 0 aliphatic rings. The summed E-state index contributed by atoms with van der Waals surface area (Å²) in [5.41, 5.74) is 12.8. The van der Waals surface area contributed by atoms with Gasteiger partial charge in [0.1, 0.15) is 11.4 Å². The fourth-order valence-corrected chi connectivity index (χ4v) is 2.78. The van der Waals surface area contributed by atoms with Crippen LogP contribution in [0.15, 0.2) is 42.5 Å². The Bertz CT molecular complexity index is 772. The second-order valence-corrected chi connectivity index (χ2v) is 7.52. The summed E-state index contributed by atoms with van der Waals surface area (Å²) in [5, 5.41) is 0.585. The zero-order valence-electron chi connectivity index (χ0n) is 15.3. The van der Waals surface area contributed by atoms with Gasteiger partial charge in [-0.2, -0.15) is 0 Å². The molecule has 0 bridgehead atoms. The minimum absolute atomic E-state index is 0.158. The van der Waals surface area contributed by atoms with Gasteiger partial charge in [0.05, 0.1) is 24.4 Å². The zero-order chi connectivity index (χ0) is 19.3. The average Bonchev–Trinajstić information content (AvgIpc) is 2.53. The van der Waals surface area contributed by atoms with Crippen molar-refractivity contribution in [3.05, 3.63) is 53.1 Å². The predicted molar refractivity (Wildman–Crippen MR) is 105 cm³/mol. The lowest BCUT2D eigenvalue weighted by atomic mass is 9.96. The van der Waals surface area contributed by atoms with Gasteiger partial charge >= 0.3 is 5.97 Å². The highest BCUT2D eigenvalue weighted by atomic mass is 35.5. The molecular weight excluding hydrogens is 352 g/mol. The Labute approximate surface area is 159 Å². The highest BCUT2D eigenvalue weighted by Gasteiger charge is 2.23. The van der Waals surface area contributed by atoms with E-state index in [1.54, 1.807) is 24.3 Å². The van der Waals surface area contributed by atoms with Gasteiger partial charge in [-0.05, 0) is 44.5 Å². The molecule has 0 aromatic heterocycles. The first-order valence-corrected chi connectivity index (χ1v) is 8.77. The van der Waals surface area contributed by atoms with Crippen LogP contribution >= 0.6 is 11.6 Å². The highest BCUT2D eigenvalue weighted by Crippen LogP contribution is 2.30. The molecule has 0 fully saturated rings. The van der Waals surface area contributed by atoms with Crippen LogP contribution in [0.25, 0.3) is 0 Å². The van der Waals surface area contributed by atoms with Crippen molar-refractivity contribution in [2.24, 2.45) is 0 Å². The lowest BCUT2D eigenvalue weighted by Crippen LogP contribution is -2.26. The van der Waals surface area contributed by atoms with Gasteiger partial charge in [0.2, 0.25) is 0 Å². The number of benzene rings is 2. The van der Waals surface area contributed by atoms with Gasteiger partial charge in [-0.25, -0.2) is 0 Å². The SMILES string of the molecule is CC(C)(C)OC(=O)C[C@@H](COc1ccc(N)c(N)c1)c1ccccc1Cl. The molecule has 0 unspecified atom stereocenters. The monoisotopic (exact) mass is 376 g/mol. The molecular formula is C20H25ClN2O3. The van der Waals surface area contributed by atoms with Crippen molar-refractivity contribution in [1.82, 2.24) is 0 Å². The number of hydrogen-bond donors (Lipinski definition) is 2. The molecule has 0 radical (unpaired) electrons. The normalized spacial score (nSPS) is 12.5. The molecule has 4 N–H and O–H groups in total. The summed E-state index contributed by atoms with van der Waals surface area (Å²) < 4.78 is 11.3. The maximum Gasteiger partial charge on any atom is 0.307 e. The molecule has 0 saturated heterocycles. The summed E-state index contributed by atoms with van der Waals surface area (Å²) in [4.78, 5) is 12.3. The molecule has 5 nitrogen and oxygen atoms in total. The third-order valence-corrected chi connectivity index (χ3v) is 4.03. The van der Waals surface area contributed by atoms with Crippen LogP contribution in [0.5, 0.6) is 5.75 Å². The molecule has 0 aliphatic carbocycles. The van der Waals surface area contributed by atoms with E-state index in [2.05, 4.69) is 0 Å². The first kappa shape index (κ1) is 19.9. The van der Waals surface area contributed by atoms with Crippen molar-refractivity contribution in [1.29, 1.82) is 0 Å². The summed E-state index contributed by atoms with van der Waals surface area (Å²) in [6, 6.07) is 12.5. The smallest absolute Gasteiger partial charge is 0.307 e. The number of halogens is 1. The van der Waals surface area contributed by atoms with E-state index < -0.39 is 5.60 Å². The van der Waals surface area contributed by atoms with Crippen molar-refractivity contribution in [2.45, 2.75) is 38.7 Å². The summed E-state index contributed by atoms with van der Waals surface area (Å²) in [6.45, 7) is 5.77. The van der Waals surface area contributed by atoms with Crippen LogP contribution in [-0.4, -0.2) is 18.2 Å². The number of nitrogen functional groups attached to an aromatic ring is 2. The van der Waals surface area contributed by atoms with Crippen LogP contribution in [0.2, 0.25) is 5.02 Å². The van der Waals surface area contributed by atoms with Gasteiger partial charge in [0.15, 0.2) is 0 Å². The van der Waals surface area contributed by atoms with Gasteiger partial charge in [0, 0.05) is 17.0 Å². The van der Waals surface area contributed by atoms with Crippen LogP contribution in [0.1, 0.15) is 38.7 Å². The van der Waals surface area contributed by atoms with Gasteiger partial charge in [0.25, 0.3) is 0 Å². The largest absolute Gasteiger partial charge is 0.493 e. The maximum absolute atomic E-state index is 12.3. The van der Waals surface area contributed by atoms with Crippen LogP contribution < -0.4 is 16.2 Å². The Morgan fingerprint density at radius 1 is 1.12 bits per heavy atom. The molecule has 0 spiro atoms. The zero-order valence-corrected chi connectivity index (χ0v) is 16.0. The van der Waals surface area contributed by atoms with Gasteiger partial charge in [-0.1, -0.05) is 29.8 Å². The lowest BCUT2D eigenvalue weighted by Gasteiger charge is -2.23. The summed E-state index contributed by atoms with van der Waals surface area (Å²) in [5.74, 6) is 0.0260. The molecule has 0 heterocycles. The van der Waals surface area contributed by atoms with E-state index in [9.17, 15) is 4.79 Å². The second kappa shape index (κ2) is 8.32. The Balaban J connectivity index is 2.16. The minimum atomic E-state index is -0.547. The Morgan fingerprint density at radius 3 is 2.42 bits per heavy atom. The van der Waals surface area contributed by atoms with Crippen LogP contribution in [0.3, 0.4) is 0 Å². The summed E-state index contributed by atoms with van der Waals surface area (Å²) in [7, 11) is 0. The maximum atomic E-state index is 12.3. The van der Waals surface area contributed by atoms with Crippen molar-refractivity contribution in [3.63, 3.8) is 0 Å². The van der Waals surface area contributed by atoms with Crippen LogP contribution in [-0.2, 0) is 9.53 Å². The van der Waals surface area contributed by atoms with E-state index in [0.717, 1.165) is 5.56 Å². The van der Waals surface area contributed by atoms with E-state index in [1.807, 2.05) is 39.0 Å². The van der Waals surface area contributed by atoms with E-state index in [-0.39, 0.29) is 24.9 Å². The van der Waals surface area contributed by atoms with Crippen molar-refractivity contribution in [2.75, 3.05) is 18.1 Å². The van der Waals surface area contributed by atoms with Crippen molar-refractivity contribution >= 4 is 28.9 Å². The number of anilines is 2. The number of rotatable bonds is 6. The Morgan fingerprint density at radius 2 is 1.81 bits per heavy atom. The van der Waals surface area contributed by atoms with Gasteiger partial charge in [-0.3, -0.25) is 4.79 Å². The minimum Gasteiger partial charge on any atom is -0.493 e. The van der Waals surface area contributed by atoms with Crippen LogP contribution in [0.4, 0.5) is 11.4 Å². The number of carbonyl (C=O) groups is 1. The number of ether oxygens (including phenoxy) is 2. The van der Waals surface area contributed by atoms with Crippen molar-refractivity contribution in [3.8, 4) is 5.75 Å². The fraction of sp³-hybridized carbons (Fsp3) is 0.350. The van der Waals surface area contributed by atoms with Gasteiger partial charge < -0.3 is 20.9 Å². The number of nitrogens with two attached hydrogens (primary N) is 2. The summed E-state index contributed by atoms with van der Waals surface area (Å²) >= 11 is 6.32. The molecule has 2 rings (SSSR count). The molecule has 26 heavy (non-hydrogen) atoms. The predicted octanol–water partition coefficient (Wildman–Crippen LogP) is 4.40. The Hall–Kier alpha value is -2.40. The van der Waals surface area contributed by atoms with E-state index >= 15 is 0 Å². The summed E-state index contributed by atoms with van der Waals surface area (Å²) in [6.07, 6.45) is 0.158. The quantitative estimate of drug-likeness (QED) is 0.576. The fourth-order valence-electron chi connectivity index (χ4n) is 2.49. The molecule has 6 heteroatoms. The first-order valence-electron chi connectivity index (χ1n) is 8.40. The molecule has 0 saturated carbocycles. The lowest BCUT2D eigenvalue weighted by molar-refractivity contribution is -0.155. The van der Waals surface area contributed by atoms with E-state index in [0.29, 0.717) is 22.1 Å². The van der Waals surface area contributed by atoms with E-state index in [1.165, 1.54) is 0 Å². The first-order chi connectivity index (χ1) is 12.2. The van der Waals surface area contributed by atoms with Crippen LogP contribution in [0, 0.1) is 0 Å². The molecule has 0 aliphatic heterocycles. The Kier molecular flexibility index (Phi) is 6.37. The third-order valence-electron chi connectivity index (χ3n) is 3.69. The molecule has 2 aromatic carbocycles. The highest BCUT2D eigenvalue weighted by molar-refractivity contribution is 6.31. The number of esters is 1.